The molecule has 0 atom stereocenters. The Labute approximate surface area is 234 Å². The molecule has 1 N–H and O–H groups in total. The molecular formula is C31H36N6O3. The summed E-state index contributed by atoms with van der Waals surface area (Å²) in [5.74, 6) is 2.03. The number of aromatic nitrogens is 4. The number of nitrogens with one attached hydrogen (secondary N) is 1. The van der Waals surface area contributed by atoms with Crippen molar-refractivity contribution in [2.45, 2.75) is 64.0 Å². The average molecular weight is 541 g/mol. The first-order valence-corrected chi connectivity index (χ1v) is 14.5. The number of hydrogen-bond acceptors (Lipinski definition) is 8. The van der Waals surface area contributed by atoms with Gasteiger partial charge in [0.15, 0.2) is 28.5 Å². The van der Waals surface area contributed by atoms with Crippen LogP contribution >= 0.6 is 0 Å². The lowest BCUT2D eigenvalue weighted by Crippen LogP contribution is -2.36. The van der Waals surface area contributed by atoms with Crippen molar-refractivity contribution in [3.63, 3.8) is 0 Å². The van der Waals surface area contributed by atoms with Gasteiger partial charge in [-0.25, -0.2) is 4.98 Å². The highest BCUT2D eigenvalue weighted by Crippen LogP contribution is 2.43. The number of para-hydroxylation sites is 1. The standard InChI is InChI=1S/C31H36N6O3/c1-31(2)19-21-7-6-10-25(27(21)40-31)39-30-34-28(26-29(35-30)37(20-32-26)24-8-4-3-5-9-24)33-22-11-13-23(14-12-22)36-15-17-38-18-16-36/h6-7,10-14,20,24H,3-5,8-9,15-19H2,1-2H3,(H,33,34,35). The molecule has 0 amide bonds. The number of rotatable bonds is 6. The quantitative estimate of drug-likeness (QED) is 0.300. The van der Waals surface area contributed by atoms with Crippen LogP contribution in [0.1, 0.15) is 57.6 Å². The van der Waals surface area contributed by atoms with Crippen LogP contribution in [-0.2, 0) is 11.2 Å². The number of hydrogen-bond donors (Lipinski definition) is 1. The van der Waals surface area contributed by atoms with E-state index in [0.29, 0.717) is 17.6 Å². The van der Waals surface area contributed by atoms with Crippen molar-refractivity contribution in [3.8, 4) is 17.5 Å². The molecule has 40 heavy (non-hydrogen) atoms. The highest BCUT2D eigenvalue weighted by Gasteiger charge is 2.33. The van der Waals surface area contributed by atoms with Crippen molar-refractivity contribution >= 4 is 28.4 Å². The zero-order chi connectivity index (χ0) is 27.1. The van der Waals surface area contributed by atoms with E-state index in [1.165, 1.54) is 24.9 Å². The summed E-state index contributed by atoms with van der Waals surface area (Å²) in [5, 5.41) is 3.50. The van der Waals surface area contributed by atoms with Crippen molar-refractivity contribution in [1.82, 2.24) is 19.5 Å². The number of fused-ring (bicyclic) bond motifs is 2. The molecule has 1 aliphatic carbocycles. The summed E-state index contributed by atoms with van der Waals surface area (Å²) >= 11 is 0. The second kappa shape index (κ2) is 10.3. The van der Waals surface area contributed by atoms with E-state index >= 15 is 0 Å². The molecule has 2 aromatic carbocycles. The number of nitrogens with zero attached hydrogens (tertiary/aromatic N) is 5. The second-order valence-electron chi connectivity index (χ2n) is 11.6. The molecule has 208 valence electrons. The van der Waals surface area contributed by atoms with Gasteiger partial charge < -0.3 is 29.0 Å². The Morgan fingerprint density at radius 1 is 0.975 bits per heavy atom. The molecule has 2 aromatic heterocycles. The van der Waals surface area contributed by atoms with Gasteiger partial charge in [-0.2, -0.15) is 9.97 Å². The van der Waals surface area contributed by atoms with Gasteiger partial charge in [-0.3, -0.25) is 0 Å². The van der Waals surface area contributed by atoms with Gasteiger partial charge in [0.2, 0.25) is 0 Å². The number of imidazole rings is 1. The van der Waals surface area contributed by atoms with Crippen LogP contribution in [0.15, 0.2) is 48.8 Å². The average Bonchev–Trinajstić information content (AvgIpc) is 3.55. The summed E-state index contributed by atoms with van der Waals surface area (Å²) in [4.78, 5) is 16.8. The summed E-state index contributed by atoms with van der Waals surface area (Å²) in [6.07, 6.45) is 8.75. The van der Waals surface area contributed by atoms with Gasteiger partial charge in [-0.15, -0.1) is 0 Å². The smallest absolute Gasteiger partial charge is 0.326 e. The zero-order valence-electron chi connectivity index (χ0n) is 23.2. The summed E-state index contributed by atoms with van der Waals surface area (Å²) in [6, 6.07) is 15.1. The van der Waals surface area contributed by atoms with Crippen molar-refractivity contribution in [1.29, 1.82) is 0 Å². The van der Waals surface area contributed by atoms with Crippen molar-refractivity contribution in [2.24, 2.45) is 0 Å². The minimum Gasteiger partial charge on any atom is -0.483 e. The molecule has 7 rings (SSSR count). The van der Waals surface area contributed by atoms with E-state index in [-0.39, 0.29) is 11.6 Å². The SMILES string of the molecule is CC1(C)Cc2cccc(Oc3nc(Nc4ccc(N5CCOCC5)cc4)c4ncn(C5CCCCC5)c4n3)c2O1. The Morgan fingerprint density at radius 2 is 1.77 bits per heavy atom. The summed E-state index contributed by atoms with van der Waals surface area (Å²) in [5.41, 5.74) is 4.51. The zero-order valence-corrected chi connectivity index (χ0v) is 23.2. The van der Waals surface area contributed by atoms with E-state index in [2.05, 4.69) is 59.0 Å². The summed E-state index contributed by atoms with van der Waals surface area (Å²) in [7, 11) is 0. The molecule has 2 aliphatic heterocycles. The van der Waals surface area contributed by atoms with Crippen LogP contribution in [0.3, 0.4) is 0 Å². The Morgan fingerprint density at radius 3 is 2.58 bits per heavy atom. The molecule has 9 heteroatoms. The molecule has 2 fully saturated rings. The van der Waals surface area contributed by atoms with Gasteiger partial charge >= 0.3 is 6.01 Å². The van der Waals surface area contributed by atoms with Crippen LogP contribution in [0.5, 0.6) is 17.5 Å². The van der Waals surface area contributed by atoms with Crippen LogP contribution in [-0.4, -0.2) is 51.4 Å². The molecule has 9 nitrogen and oxygen atoms in total. The fourth-order valence-corrected chi connectivity index (χ4v) is 6.14. The minimum atomic E-state index is -0.272. The van der Waals surface area contributed by atoms with E-state index in [0.717, 1.165) is 73.7 Å². The van der Waals surface area contributed by atoms with Crippen LogP contribution in [0.25, 0.3) is 11.2 Å². The maximum Gasteiger partial charge on any atom is 0.326 e. The maximum absolute atomic E-state index is 6.36. The van der Waals surface area contributed by atoms with Crippen LogP contribution in [0.2, 0.25) is 0 Å². The molecule has 4 heterocycles. The monoisotopic (exact) mass is 540 g/mol. The van der Waals surface area contributed by atoms with E-state index in [9.17, 15) is 0 Å². The molecular weight excluding hydrogens is 504 g/mol. The highest BCUT2D eigenvalue weighted by molar-refractivity contribution is 5.86. The largest absolute Gasteiger partial charge is 0.483 e. The summed E-state index contributed by atoms with van der Waals surface area (Å²) < 4.78 is 20.3. The van der Waals surface area contributed by atoms with Crippen LogP contribution < -0.4 is 19.7 Å². The van der Waals surface area contributed by atoms with Crippen molar-refractivity contribution in [3.05, 3.63) is 54.4 Å². The predicted molar refractivity (Wildman–Crippen MR) is 155 cm³/mol. The van der Waals surface area contributed by atoms with Crippen LogP contribution in [0.4, 0.5) is 17.2 Å². The molecule has 1 saturated carbocycles. The highest BCUT2D eigenvalue weighted by atomic mass is 16.5. The Bertz CT molecular complexity index is 1500. The lowest BCUT2D eigenvalue weighted by Gasteiger charge is -2.28. The van der Waals surface area contributed by atoms with E-state index in [1.807, 2.05) is 18.5 Å². The molecule has 0 bridgehead atoms. The molecule has 3 aliphatic rings. The third kappa shape index (κ3) is 4.94. The third-order valence-corrected chi connectivity index (χ3v) is 8.13. The molecule has 0 radical (unpaired) electrons. The maximum atomic E-state index is 6.36. The first-order valence-electron chi connectivity index (χ1n) is 14.5. The van der Waals surface area contributed by atoms with E-state index in [4.69, 9.17) is 29.2 Å². The molecule has 0 spiro atoms. The van der Waals surface area contributed by atoms with Gasteiger partial charge in [-0.1, -0.05) is 31.4 Å². The number of morpholine rings is 1. The van der Waals surface area contributed by atoms with Gasteiger partial charge in [-0.05, 0) is 57.0 Å². The van der Waals surface area contributed by atoms with Gasteiger partial charge in [0.05, 0.1) is 19.5 Å². The van der Waals surface area contributed by atoms with Gasteiger partial charge in [0.25, 0.3) is 0 Å². The van der Waals surface area contributed by atoms with Gasteiger partial charge in [0.1, 0.15) is 5.60 Å². The third-order valence-electron chi connectivity index (χ3n) is 8.13. The number of anilines is 3. The Kier molecular flexibility index (Phi) is 6.46. The van der Waals surface area contributed by atoms with E-state index in [1.54, 1.807) is 0 Å². The number of ether oxygens (including phenoxy) is 3. The van der Waals surface area contributed by atoms with Crippen molar-refractivity contribution in [2.75, 3.05) is 36.5 Å². The van der Waals surface area contributed by atoms with Crippen molar-refractivity contribution < 1.29 is 14.2 Å². The molecule has 4 aromatic rings. The fourth-order valence-electron chi connectivity index (χ4n) is 6.14. The fraction of sp³-hybridized carbons (Fsp3) is 0.452. The van der Waals surface area contributed by atoms with E-state index < -0.39 is 0 Å². The lowest BCUT2D eigenvalue weighted by molar-refractivity contribution is 0.122. The lowest BCUT2D eigenvalue weighted by atomic mass is 9.95. The number of benzene rings is 2. The minimum absolute atomic E-state index is 0.272. The van der Waals surface area contributed by atoms with Gasteiger partial charge in [0, 0.05) is 42.5 Å². The Balaban J connectivity index is 1.23. The first-order chi connectivity index (χ1) is 19.5. The predicted octanol–water partition coefficient (Wildman–Crippen LogP) is 6.42. The summed E-state index contributed by atoms with van der Waals surface area (Å²) in [6.45, 7) is 7.52. The Hall–Kier alpha value is -3.85. The van der Waals surface area contributed by atoms with Crippen LogP contribution in [0, 0.1) is 0 Å². The molecule has 0 unspecified atom stereocenters. The first kappa shape index (κ1) is 25.1. The molecule has 1 saturated heterocycles. The second-order valence-corrected chi connectivity index (χ2v) is 11.6. The normalized spacial score (nSPS) is 18.9. The topological polar surface area (TPSA) is 86.6 Å².